The van der Waals surface area contributed by atoms with Crippen molar-refractivity contribution in [2.45, 2.75) is 13.5 Å². The highest BCUT2D eigenvalue weighted by atomic mass is 35.5. The summed E-state index contributed by atoms with van der Waals surface area (Å²) < 4.78 is 5.22. The second-order valence-corrected chi connectivity index (χ2v) is 4.62. The summed E-state index contributed by atoms with van der Waals surface area (Å²) in [5.41, 5.74) is 10.3. The summed E-state index contributed by atoms with van der Waals surface area (Å²) in [6.07, 6.45) is 0. The third-order valence-electron chi connectivity index (χ3n) is 3.01. The van der Waals surface area contributed by atoms with Gasteiger partial charge in [0.05, 0.1) is 7.11 Å². The number of halogens is 1. The molecule has 0 fully saturated rings. The predicted octanol–water partition coefficient (Wildman–Crippen LogP) is 3.78. The largest absolute Gasteiger partial charge is 0.497 e. The molecule has 2 N–H and O–H groups in total. The van der Waals surface area contributed by atoms with Crippen molar-refractivity contribution in [1.29, 1.82) is 0 Å². The standard InChI is InChI=1S/C15H16ClNO/c1-10-7-13(18-2)4-6-14(10)15-5-3-12(16)8-11(15)9-17/h3-8H,9,17H2,1-2H3. The van der Waals surface area contributed by atoms with Gasteiger partial charge in [-0.2, -0.15) is 0 Å². The van der Waals surface area contributed by atoms with E-state index in [9.17, 15) is 0 Å². The highest BCUT2D eigenvalue weighted by molar-refractivity contribution is 6.30. The maximum Gasteiger partial charge on any atom is 0.119 e. The predicted molar refractivity (Wildman–Crippen MR) is 76.1 cm³/mol. The van der Waals surface area contributed by atoms with Crippen molar-refractivity contribution in [3.05, 3.63) is 52.5 Å². The number of aryl methyl sites for hydroxylation is 1. The third kappa shape index (κ3) is 2.50. The van der Waals surface area contributed by atoms with Crippen LogP contribution in [0.15, 0.2) is 36.4 Å². The van der Waals surface area contributed by atoms with Gasteiger partial charge in [-0.05, 0) is 53.4 Å². The molecule has 0 heterocycles. The van der Waals surface area contributed by atoms with Gasteiger partial charge in [0.2, 0.25) is 0 Å². The summed E-state index contributed by atoms with van der Waals surface area (Å²) in [5, 5.41) is 0.713. The lowest BCUT2D eigenvalue weighted by Gasteiger charge is -2.12. The Morgan fingerprint density at radius 3 is 2.44 bits per heavy atom. The molecule has 0 bridgehead atoms. The van der Waals surface area contributed by atoms with Crippen molar-refractivity contribution >= 4 is 11.6 Å². The first-order valence-corrected chi connectivity index (χ1v) is 6.17. The van der Waals surface area contributed by atoms with Gasteiger partial charge in [-0.15, -0.1) is 0 Å². The fourth-order valence-corrected chi connectivity index (χ4v) is 2.25. The molecule has 0 radical (unpaired) electrons. The number of rotatable bonds is 3. The second kappa shape index (κ2) is 5.42. The number of benzene rings is 2. The lowest BCUT2D eigenvalue weighted by Crippen LogP contribution is -1.99. The van der Waals surface area contributed by atoms with E-state index in [4.69, 9.17) is 22.1 Å². The Morgan fingerprint density at radius 2 is 1.83 bits per heavy atom. The van der Waals surface area contributed by atoms with E-state index in [1.807, 2.05) is 30.3 Å². The normalized spacial score (nSPS) is 10.4. The zero-order chi connectivity index (χ0) is 13.1. The van der Waals surface area contributed by atoms with E-state index in [0.717, 1.165) is 28.0 Å². The maximum absolute atomic E-state index is 5.99. The SMILES string of the molecule is COc1ccc(-c2ccc(Cl)cc2CN)c(C)c1. The molecular weight excluding hydrogens is 246 g/mol. The number of methoxy groups -OCH3 is 1. The maximum atomic E-state index is 5.99. The van der Waals surface area contributed by atoms with Crippen molar-refractivity contribution in [2.24, 2.45) is 5.73 Å². The number of hydrogen-bond donors (Lipinski definition) is 1. The van der Waals surface area contributed by atoms with Crippen LogP contribution in [0.1, 0.15) is 11.1 Å². The van der Waals surface area contributed by atoms with Gasteiger partial charge in [0.15, 0.2) is 0 Å². The van der Waals surface area contributed by atoms with Crippen molar-refractivity contribution in [3.8, 4) is 16.9 Å². The van der Waals surface area contributed by atoms with Crippen LogP contribution in [0.25, 0.3) is 11.1 Å². The third-order valence-corrected chi connectivity index (χ3v) is 3.25. The molecule has 0 spiro atoms. The fourth-order valence-electron chi connectivity index (χ4n) is 2.06. The van der Waals surface area contributed by atoms with E-state index < -0.39 is 0 Å². The lowest BCUT2D eigenvalue weighted by molar-refractivity contribution is 0.414. The first-order valence-electron chi connectivity index (χ1n) is 5.79. The summed E-state index contributed by atoms with van der Waals surface area (Å²) in [7, 11) is 1.67. The molecule has 3 heteroatoms. The van der Waals surface area contributed by atoms with Gasteiger partial charge in [0.25, 0.3) is 0 Å². The van der Waals surface area contributed by atoms with Crippen LogP contribution in [0.5, 0.6) is 5.75 Å². The smallest absolute Gasteiger partial charge is 0.119 e. The summed E-state index contributed by atoms with van der Waals surface area (Å²) in [4.78, 5) is 0. The number of hydrogen-bond acceptors (Lipinski definition) is 2. The van der Waals surface area contributed by atoms with Gasteiger partial charge in [-0.25, -0.2) is 0 Å². The molecule has 0 aliphatic carbocycles. The first kappa shape index (κ1) is 12.9. The molecular formula is C15H16ClNO. The Balaban J connectivity index is 2.54. The number of ether oxygens (including phenoxy) is 1. The van der Waals surface area contributed by atoms with Crippen molar-refractivity contribution in [3.63, 3.8) is 0 Å². The first-order chi connectivity index (χ1) is 8.65. The van der Waals surface area contributed by atoms with Crippen LogP contribution in [0.3, 0.4) is 0 Å². The van der Waals surface area contributed by atoms with E-state index in [2.05, 4.69) is 13.0 Å². The molecule has 18 heavy (non-hydrogen) atoms. The molecule has 0 saturated heterocycles. The number of nitrogens with two attached hydrogens (primary N) is 1. The molecule has 0 saturated carbocycles. The molecule has 2 aromatic carbocycles. The Hall–Kier alpha value is -1.51. The summed E-state index contributed by atoms with van der Waals surface area (Å²) in [6.45, 7) is 2.54. The molecule has 2 aromatic rings. The fraction of sp³-hybridized carbons (Fsp3) is 0.200. The monoisotopic (exact) mass is 261 g/mol. The van der Waals surface area contributed by atoms with Gasteiger partial charge in [0.1, 0.15) is 5.75 Å². The quantitative estimate of drug-likeness (QED) is 0.913. The van der Waals surface area contributed by atoms with Crippen molar-refractivity contribution < 1.29 is 4.74 Å². The van der Waals surface area contributed by atoms with E-state index in [1.54, 1.807) is 7.11 Å². The zero-order valence-corrected chi connectivity index (χ0v) is 11.3. The van der Waals surface area contributed by atoms with Crippen LogP contribution in [-0.4, -0.2) is 7.11 Å². The van der Waals surface area contributed by atoms with Gasteiger partial charge >= 0.3 is 0 Å². The molecule has 0 aliphatic rings. The minimum absolute atomic E-state index is 0.474. The van der Waals surface area contributed by atoms with E-state index >= 15 is 0 Å². The lowest BCUT2D eigenvalue weighted by atomic mass is 9.96. The van der Waals surface area contributed by atoms with E-state index in [1.165, 1.54) is 0 Å². The average Bonchev–Trinajstić information content (AvgIpc) is 2.39. The highest BCUT2D eigenvalue weighted by Crippen LogP contribution is 2.30. The highest BCUT2D eigenvalue weighted by Gasteiger charge is 2.08. The van der Waals surface area contributed by atoms with Crippen LogP contribution >= 0.6 is 11.6 Å². The van der Waals surface area contributed by atoms with E-state index in [0.29, 0.717) is 11.6 Å². The molecule has 0 unspecified atom stereocenters. The summed E-state index contributed by atoms with van der Waals surface area (Å²) >= 11 is 5.99. The van der Waals surface area contributed by atoms with Crippen molar-refractivity contribution in [1.82, 2.24) is 0 Å². The Morgan fingerprint density at radius 1 is 1.11 bits per heavy atom. The van der Waals surface area contributed by atoms with Gasteiger partial charge in [0, 0.05) is 11.6 Å². The van der Waals surface area contributed by atoms with Gasteiger partial charge < -0.3 is 10.5 Å². The Labute approximate surface area is 112 Å². The van der Waals surface area contributed by atoms with Crippen LogP contribution in [-0.2, 0) is 6.54 Å². The second-order valence-electron chi connectivity index (χ2n) is 4.19. The van der Waals surface area contributed by atoms with Gasteiger partial charge in [-0.3, -0.25) is 0 Å². The summed E-state index contributed by atoms with van der Waals surface area (Å²) in [6, 6.07) is 11.8. The van der Waals surface area contributed by atoms with Crippen LogP contribution in [0, 0.1) is 6.92 Å². The van der Waals surface area contributed by atoms with Crippen LogP contribution < -0.4 is 10.5 Å². The minimum atomic E-state index is 0.474. The van der Waals surface area contributed by atoms with Crippen LogP contribution in [0.2, 0.25) is 5.02 Å². The Kier molecular flexibility index (Phi) is 3.90. The zero-order valence-electron chi connectivity index (χ0n) is 10.5. The average molecular weight is 262 g/mol. The molecule has 2 nitrogen and oxygen atoms in total. The molecule has 0 aliphatic heterocycles. The molecule has 0 amide bonds. The molecule has 2 rings (SSSR count). The van der Waals surface area contributed by atoms with Crippen molar-refractivity contribution in [2.75, 3.05) is 7.11 Å². The summed E-state index contributed by atoms with van der Waals surface area (Å²) in [5.74, 6) is 0.861. The minimum Gasteiger partial charge on any atom is -0.497 e. The Bertz CT molecular complexity index is 566. The topological polar surface area (TPSA) is 35.2 Å². The van der Waals surface area contributed by atoms with Crippen LogP contribution in [0.4, 0.5) is 0 Å². The molecule has 0 aromatic heterocycles. The van der Waals surface area contributed by atoms with E-state index in [-0.39, 0.29) is 0 Å². The van der Waals surface area contributed by atoms with Gasteiger partial charge in [-0.1, -0.05) is 23.7 Å². The molecule has 94 valence electrons. The molecule has 0 atom stereocenters.